The summed E-state index contributed by atoms with van der Waals surface area (Å²) in [6, 6.07) is 84.2. The van der Waals surface area contributed by atoms with Crippen molar-refractivity contribution in [3.05, 3.63) is 271 Å². The van der Waals surface area contributed by atoms with E-state index in [1.165, 1.54) is 33.4 Å². The van der Waals surface area contributed by atoms with Gasteiger partial charge in [-0.25, -0.2) is 9.97 Å². The van der Waals surface area contributed by atoms with E-state index in [0.29, 0.717) is 5.82 Å². The molecule has 6 heteroatoms. The number of hydrogen-bond acceptors (Lipinski definition) is 5. The van der Waals surface area contributed by atoms with Crippen LogP contribution in [0.3, 0.4) is 0 Å². The molecule has 4 heterocycles. The van der Waals surface area contributed by atoms with Gasteiger partial charge < -0.3 is 15.0 Å². The van der Waals surface area contributed by atoms with Gasteiger partial charge in [0.05, 0.1) is 11.4 Å². The van der Waals surface area contributed by atoms with Crippen molar-refractivity contribution in [1.29, 1.82) is 0 Å². The minimum Gasteiger partial charge on any atom is -0.305 e. The molecule has 0 bridgehead atoms. The maximum atomic E-state index is 5.06. The van der Waals surface area contributed by atoms with E-state index in [0.717, 1.165) is 98.7 Å². The molecule has 0 fully saturated rings. The number of nitrogens with zero attached hydrogens (tertiary/aromatic N) is 5. The summed E-state index contributed by atoms with van der Waals surface area (Å²) in [5.41, 5.74) is 20.0. The summed E-state index contributed by atoms with van der Waals surface area (Å²) >= 11 is 0. The van der Waals surface area contributed by atoms with Gasteiger partial charge in [-0.1, -0.05) is 157 Å². The second-order valence-electron chi connectivity index (χ2n) is 17.3. The molecule has 11 aromatic rings. The molecule has 7 aromatic carbocycles. The standard InChI is InChI=1S/C65H46N5.Ir/c1-3-13-51(14-4-1)63-45-64(52-15-5-2-6-16-52)70-65(69-63)56-37-40-68-62(44-56)55-35-33-50(34-36-55)58-17-7-8-18-59(58)57-42-48(23-21-46-25-29-53(30-26-46)60-19-9-11-38-66-60)41-49(43-57)24-22-47-27-31-54(32-28-47)61-20-10-12-39-67-61;/h1-20,25-29,31,33-35,37-45H,21-24H2;/q-3;+3. The molecule has 0 aliphatic rings. The predicted molar refractivity (Wildman–Crippen MR) is 283 cm³/mol. The smallest absolute Gasteiger partial charge is 0.305 e. The summed E-state index contributed by atoms with van der Waals surface area (Å²) in [5.74, 6) is 0.643. The fraction of sp³-hybridized carbons (Fsp3) is 0.0615. The van der Waals surface area contributed by atoms with Gasteiger partial charge in [-0.2, -0.15) is 0 Å². The quantitative estimate of drug-likeness (QED) is 0.102. The Balaban J connectivity index is 0.00000582. The van der Waals surface area contributed by atoms with Gasteiger partial charge in [-0.3, -0.25) is 0 Å². The molecule has 5 nitrogen and oxygen atoms in total. The number of hydrogen-bond donors (Lipinski definition) is 0. The first kappa shape index (κ1) is 46.4. The molecule has 71 heavy (non-hydrogen) atoms. The monoisotopic (exact) mass is 1090 g/mol. The number of pyridine rings is 3. The first-order valence-corrected chi connectivity index (χ1v) is 23.7. The fourth-order valence-corrected chi connectivity index (χ4v) is 8.92. The molecule has 0 spiro atoms. The maximum absolute atomic E-state index is 5.06. The van der Waals surface area contributed by atoms with E-state index in [4.69, 9.17) is 15.0 Å². The SMILES string of the molecule is [Ir+3].[c-]1cc(CCc2cc(CCc3c[c-]c(-c4ccccn4)cc3)cc(-c3ccccc3-c3c[c-]c(-c4cc(-c5nc(-c6ccccc6)cc(-c6ccccc6)n5)ccn4)cc3)c2)ccc1-c1ccccn1. The molecule has 340 valence electrons. The van der Waals surface area contributed by atoms with Gasteiger partial charge in [0.15, 0.2) is 5.82 Å². The average Bonchev–Trinajstić information content (AvgIpc) is 3.45. The zero-order valence-electron chi connectivity index (χ0n) is 38.8. The fourth-order valence-electron chi connectivity index (χ4n) is 8.92. The van der Waals surface area contributed by atoms with E-state index < -0.39 is 0 Å². The van der Waals surface area contributed by atoms with Crippen molar-refractivity contribution in [1.82, 2.24) is 24.9 Å². The molecular formula is C65H46IrN5. The van der Waals surface area contributed by atoms with Crippen molar-refractivity contribution >= 4 is 0 Å². The van der Waals surface area contributed by atoms with Crippen molar-refractivity contribution in [2.45, 2.75) is 25.7 Å². The van der Waals surface area contributed by atoms with Crippen LogP contribution in [0.25, 0.3) is 89.9 Å². The zero-order valence-corrected chi connectivity index (χ0v) is 41.2. The Bertz CT molecular complexity index is 3330. The Morgan fingerprint density at radius 3 is 1.28 bits per heavy atom. The van der Waals surface area contributed by atoms with Gasteiger partial charge in [0.2, 0.25) is 0 Å². The minimum atomic E-state index is 0. The summed E-state index contributed by atoms with van der Waals surface area (Å²) in [5, 5.41) is 0. The van der Waals surface area contributed by atoms with Crippen molar-refractivity contribution in [2.24, 2.45) is 0 Å². The van der Waals surface area contributed by atoms with E-state index in [-0.39, 0.29) is 20.1 Å². The van der Waals surface area contributed by atoms with Crippen molar-refractivity contribution in [3.63, 3.8) is 0 Å². The Morgan fingerprint density at radius 2 is 0.775 bits per heavy atom. The molecular weight excluding hydrogens is 1040 g/mol. The molecule has 0 amide bonds. The van der Waals surface area contributed by atoms with Crippen molar-refractivity contribution in [2.75, 3.05) is 0 Å². The number of aryl methyl sites for hydroxylation is 4. The first-order valence-electron chi connectivity index (χ1n) is 23.7. The minimum absolute atomic E-state index is 0. The van der Waals surface area contributed by atoms with Crippen molar-refractivity contribution in [3.8, 4) is 89.9 Å². The second kappa shape index (κ2) is 22.0. The van der Waals surface area contributed by atoms with Crippen LogP contribution in [0.15, 0.2) is 231 Å². The Hall–Kier alpha value is -8.28. The largest absolute Gasteiger partial charge is 3.00 e. The van der Waals surface area contributed by atoms with Crippen LogP contribution in [0.4, 0.5) is 0 Å². The molecule has 0 atom stereocenters. The number of benzene rings is 7. The van der Waals surface area contributed by atoms with Gasteiger partial charge in [-0.15, -0.1) is 101 Å². The number of aromatic nitrogens is 5. The van der Waals surface area contributed by atoms with Crippen LogP contribution in [0.1, 0.15) is 22.3 Å². The molecule has 0 N–H and O–H groups in total. The average molecular weight is 1090 g/mol. The van der Waals surface area contributed by atoms with Crippen LogP contribution in [0, 0.1) is 18.2 Å². The van der Waals surface area contributed by atoms with Crippen LogP contribution in [-0.4, -0.2) is 24.9 Å². The Labute approximate surface area is 429 Å². The normalized spacial score (nSPS) is 10.9. The molecule has 0 radical (unpaired) electrons. The summed E-state index contributed by atoms with van der Waals surface area (Å²) < 4.78 is 0. The number of rotatable bonds is 14. The summed E-state index contributed by atoms with van der Waals surface area (Å²) in [6.07, 6.45) is 9.08. The van der Waals surface area contributed by atoms with E-state index in [9.17, 15) is 0 Å². The Kier molecular flexibility index (Phi) is 14.4. The summed E-state index contributed by atoms with van der Waals surface area (Å²) in [6.45, 7) is 0. The second-order valence-corrected chi connectivity index (χ2v) is 17.3. The van der Waals surface area contributed by atoms with Gasteiger partial charge in [0, 0.05) is 35.3 Å². The van der Waals surface area contributed by atoms with Crippen LogP contribution >= 0.6 is 0 Å². The van der Waals surface area contributed by atoms with Gasteiger partial charge in [0.25, 0.3) is 0 Å². The topological polar surface area (TPSA) is 64.5 Å². The van der Waals surface area contributed by atoms with E-state index in [1.54, 1.807) is 0 Å². The maximum Gasteiger partial charge on any atom is 3.00 e. The van der Waals surface area contributed by atoms with Crippen LogP contribution < -0.4 is 0 Å². The van der Waals surface area contributed by atoms with E-state index >= 15 is 0 Å². The first-order chi connectivity index (χ1) is 34.6. The third-order valence-corrected chi connectivity index (χ3v) is 12.6. The Morgan fingerprint density at radius 1 is 0.296 bits per heavy atom. The molecule has 0 unspecified atom stereocenters. The van der Waals surface area contributed by atoms with E-state index in [1.807, 2.05) is 97.5 Å². The molecule has 0 aliphatic heterocycles. The van der Waals surface area contributed by atoms with E-state index in [2.05, 4.69) is 162 Å². The van der Waals surface area contributed by atoms with Gasteiger partial charge >= 0.3 is 20.1 Å². The molecule has 0 aliphatic carbocycles. The molecule has 0 saturated heterocycles. The molecule has 11 rings (SSSR count). The van der Waals surface area contributed by atoms with Crippen LogP contribution in [-0.2, 0) is 45.8 Å². The molecule has 0 saturated carbocycles. The zero-order chi connectivity index (χ0) is 46.9. The van der Waals surface area contributed by atoms with Crippen LogP contribution in [0.2, 0.25) is 0 Å². The van der Waals surface area contributed by atoms with Crippen LogP contribution in [0.5, 0.6) is 0 Å². The summed E-state index contributed by atoms with van der Waals surface area (Å²) in [4.78, 5) is 24.0. The molecule has 4 aromatic heterocycles. The predicted octanol–water partition coefficient (Wildman–Crippen LogP) is 15.0. The van der Waals surface area contributed by atoms with Gasteiger partial charge in [-0.05, 0) is 76.4 Å². The third kappa shape index (κ3) is 11.1. The third-order valence-electron chi connectivity index (χ3n) is 12.6. The summed E-state index contributed by atoms with van der Waals surface area (Å²) in [7, 11) is 0. The van der Waals surface area contributed by atoms with Gasteiger partial charge in [0.1, 0.15) is 0 Å². The van der Waals surface area contributed by atoms with Crippen molar-refractivity contribution < 1.29 is 20.1 Å².